The van der Waals surface area contributed by atoms with E-state index in [1.54, 1.807) is 0 Å². The molecule has 5 nitrogen and oxygen atoms in total. The Morgan fingerprint density at radius 1 is 1.33 bits per heavy atom. The number of nitrogens with zero attached hydrogens (tertiary/aromatic N) is 1. The van der Waals surface area contributed by atoms with E-state index < -0.39 is 5.97 Å². The van der Waals surface area contributed by atoms with Crippen LogP contribution in [0, 0.1) is 5.92 Å². The second-order valence-electron chi connectivity index (χ2n) is 5.92. The van der Waals surface area contributed by atoms with Crippen LogP contribution < -0.4 is 5.32 Å². The normalized spacial score (nSPS) is 21.6. The van der Waals surface area contributed by atoms with Gasteiger partial charge in [-0.3, -0.25) is 4.79 Å². The average Bonchev–Trinajstić information content (AvgIpc) is 2.99. The predicted molar refractivity (Wildman–Crippen MR) is 67.3 cm³/mol. The van der Waals surface area contributed by atoms with Gasteiger partial charge in [-0.15, -0.1) is 0 Å². The fourth-order valence-corrected chi connectivity index (χ4v) is 2.61. The van der Waals surface area contributed by atoms with Gasteiger partial charge in [0, 0.05) is 12.1 Å². The second kappa shape index (κ2) is 5.16. The lowest BCUT2D eigenvalue weighted by Crippen LogP contribution is -2.51. The molecule has 0 aliphatic heterocycles. The van der Waals surface area contributed by atoms with Gasteiger partial charge in [0.1, 0.15) is 6.54 Å². The summed E-state index contributed by atoms with van der Waals surface area (Å²) in [5.41, 5.74) is -0.141. The lowest BCUT2D eigenvalue weighted by atomic mass is 10.0. The van der Waals surface area contributed by atoms with Gasteiger partial charge in [0.05, 0.1) is 0 Å². The Morgan fingerprint density at radius 3 is 2.44 bits per heavy atom. The van der Waals surface area contributed by atoms with Gasteiger partial charge in [-0.05, 0) is 38.5 Å². The van der Waals surface area contributed by atoms with Crippen LogP contribution in [0.5, 0.6) is 0 Å². The van der Waals surface area contributed by atoms with E-state index in [-0.39, 0.29) is 18.1 Å². The maximum absolute atomic E-state index is 12.2. The van der Waals surface area contributed by atoms with Crippen LogP contribution in [0.1, 0.15) is 45.4 Å². The van der Waals surface area contributed by atoms with E-state index in [4.69, 9.17) is 5.11 Å². The van der Waals surface area contributed by atoms with Crippen molar-refractivity contribution in [1.82, 2.24) is 10.2 Å². The highest BCUT2D eigenvalue weighted by Gasteiger charge is 2.34. The molecule has 2 aliphatic rings. The molecule has 5 heteroatoms. The van der Waals surface area contributed by atoms with E-state index >= 15 is 0 Å². The number of carboxylic acids is 1. The van der Waals surface area contributed by atoms with Gasteiger partial charge < -0.3 is 15.3 Å². The molecule has 0 atom stereocenters. The quantitative estimate of drug-likeness (QED) is 0.786. The number of hydrogen-bond donors (Lipinski definition) is 2. The standard InChI is InChI=1S/C13H22N2O3/c1-13(6-2-3-7-13)14-12(18)15(9-11(16)17)8-10-4-5-10/h10H,2-9H2,1H3,(H,14,18)(H,16,17). The Kier molecular flexibility index (Phi) is 3.78. The van der Waals surface area contributed by atoms with Crippen LogP contribution in [-0.2, 0) is 4.79 Å². The summed E-state index contributed by atoms with van der Waals surface area (Å²) in [6.45, 7) is 2.43. The van der Waals surface area contributed by atoms with Crippen molar-refractivity contribution in [1.29, 1.82) is 0 Å². The monoisotopic (exact) mass is 254 g/mol. The van der Waals surface area contributed by atoms with E-state index in [9.17, 15) is 9.59 Å². The number of amides is 2. The molecule has 2 aliphatic carbocycles. The molecule has 2 rings (SSSR count). The van der Waals surface area contributed by atoms with Crippen molar-refractivity contribution < 1.29 is 14.7 Å². The van der Waals surface area contributed by atoms with E-state index in [0.29, 0.717) is 12.5 Å². The Labute approximate surface area is 108 Å². The van der Waals surface area contributed by atoms with Crippen LogP contribution in [0.3, 0.4) is 0 Å². The lowest BCUT2D eigenvalue weighted by molar-refractivity contribution is -0.137. The van der Waals surface area contributed by atoms with Crippen molar-refractivity contribution in [3.05, 3.63) is 0 Å². The number of nitrogens with one attached hydrogen (secondary N) is 1. The fourth-order valence-electron chi connectivity index (χ4n) is 2.61. The minimum Gasteiger partial charge on any atom is -0.480 e. The van der Waals surface area contributed by atoms with Crippen LogP contribution >= 0.6 is 0 Å². The molecule has 0 bridgehead atoms. The summed E-state index contributed by atoms with van der Waals surface area (Å²) in [4.78, 5) is 24.4. The topological polar surface area (TPSA) is 69.6 Å². The van der Waals surface area contributed by atoms with Crippen molar-refractivity contribution in [2.24, 2.45) is 5.92 Å². The zero-order chi connectivity index (χ0) is 13.2. The highest BCUT2D eigenvalue weighted by molar-refractivity contribution is 5.80. The highest BCUT2D eigenvalue weighted by Crippen LogP contribution is 2.31. The van der Waals surface area contributed by atoms with Crippen LogP contribution in [0.2, 0.25) is 0 Å². The Balaban J connectivity index is 1.91. The summed E-state index contributed by atoms with van der Waals surface area (Å²) in [5.74, 6) is -0.436. The van der Waals surface area contributed by atoms with Gasteiger partial charge in [0.25, 0.3) is 0 Å². The number of carbonyl (C=O) groups excluding carboxylic acids is 1. The molecule has 0 heterocycles. The van der Waals surface area contributed by atoms with E-state index in [1.807, 2.05) is 6.92 Å². The number of carbonyl (C=O) groups is 2. The molecule has 2 N–H and O–H groups in total. The first-order chi connectivity index (χ1) is 8.48. The van der Waals surface area contributed by atoms with Crippen LogP contribution in [-0.4, -0.2) is 40.6 Å². The summed E-state index contributed by atoms with van der Waals surface area (Å²) < 4.78 is 0. The zero-order valence-corrected chi connectivity index (χ0v) is 10.9. The summed E-state index contributed by atoms with van der Waals surface area (Å²) in [6.07, 6.45) is 6.48. The van der Waals surface area contributed by atoms with Crippen molar-refractivity contribution in [2.45, 2.75) is 51.0 Å². The van der Waals surface area contributed by atoms with Gasteiger partial charge >= 0.3 is 12.0 Å². The molecule has 2 fully saturated rings. The molecule has 2 saturated carbocycles. The molecule has 0 aromatic carbocycles. The van der Waals surface area contributed by atoms with Crippen LogP contribution in [0.25, 0.3) is 0 Å². The molecular weight excluding hydrogens is 232 g/mol. The SMILES string of the molecule is CC1(NC(=O)N(CC(=O)O)CC2CC2)CCCC1. The van der Waals surface area contributed by atoms with Crippen LogP contribution in [0.15, 0.2) is 0 Å². The maximum atomic E-state index is 12.2. The Morgan fingerprint density at radius 2 is 1.94 bits per heavy atom. The minimum atomic E-state index is -0.942. The fraction of sp³-hybridized carbons (Fsp3) is 0.846. The third kappa shape index (κ3) is 3.62. The molecular formula is C13H22N2O3. The third-order valence-electron chi connectivity index (χ3n) is 3.90. The predicted octanol–water partition coefficient (Wildman–Crippen LogP) is 1.83. The van der Waals surface area contributed by atoms with Crippen molar-refractivity contribution in [3.63, 3.8) is 0 Å². The summed E-state index contributed by atoms with van der Waals surface area (Å²) >= 11 is 0. The molecule has 102 valence electrons. The molecule has 18 heavy (non-hydrogen) atoms. The number of rotatable bonds is 5. The zero-order valence-electron chi connectivity index (χ0n) is 10.9. The summed E-state index contributed by atoms with van der Waals surface area (Å²) in [7, 11) is 0. The molecule has 2 amide bonds. The Hall–Kier alpha value is -1.26. The highest BCUT2D eigenvalue weighted by atomic mass is 16.4. The molecule has 0 unspecified atom stereocenters. The van der Waals surface area contributed by atoms with E-state index in [0.717, 1.165) is 38.5 Å². The maximum Gasteiger partial charge on any atom is 0.323 e. The molecule has 0 aromatic rings. The number of hydrogen-bond acceptors (Lipinski definition) is 2. The van der Waals surface area contributed by atoms with Gasteiger partial charge in [-0.25, -0.2) is 4.79 Å². The van der Waals surface area contributed by atoms with Gasteiger partial charge in [0.2, 0.25) is 0 Å². The summed E-state index contributed by atoms with van der Waals surface area (Å²) in [6, 6.07) is -0.214. The minimum absolute atomic E-state index is 0.141. The second-order valence-corrected chi connectivity index (χ2v) is 5.92. The smallest absolute Gasteiger partial charge is 0.323 e. The molecule has 0 radical (unpaired) electrons. The Bertz CT molecular complexity index is 333. The van der Waals surface area contributed by atoms with Crippen molar-refractivity contribution >= 4 is 12.0 Å². The largest absolute Gasteiger partial charge is 0.480 e. The van der Waals surface area contributed by atoms with Crippen LogP contribution in [0.4, 0.5) is 4.79 Å². The van der Waals surface area contributed by atoms with Gasteiger partial charge in [-0.1, -0.05) is 12.8 Å². The van der Waals surface area contributed by atoms with Gasteiger partial charge in [0.15, 0.2) is 0 Å². The first kappa shape index (κ1) is 13.2. The molecule has 0 aromatic heterocycles. The number of urea groups is 1. The van der Waals surface area contributed by atoms with Crippen molar-refractivity contribution in [3.8, 4) is 0 Å². The number of carboxylic acid groups (broad SMARTS) is 1. The van der Waals surface area contributed by atoms with E-state index in [1.165, 1.54) is 4.90 Å². The third-order valence-corrected chi connectivity index (χ3v) is 3.90. The van der Waals surface area contributed by atoms with E-state index in [2.05, 4.69) is 5.32 Å². The average molecular weight is 254 g/mol. The number of aliphatic carboxylic acids is 1. The first-order valence-electron chi connectivity index (χ1n) is 6.77. The lowest BCUT2D eigenvalue weighted by Gasteiger charge is -2.30. The van der Waals surface area contributed by atoms with Gasteiger partial charge in [-0.2, -0.15) is 0 Å². The molecule has 0 saturated heterocycles. The molecule has 0 spiro atoms. The van der Waals surface area contributed by atoms with Crippen molar-refractivity contribution in [2.75, 3.05) is 13.1 Å². The summed E-state index contributed by atoms with van der Waals surface area (Å²) in [5, 5.41) is 11.9. The first-order valence-corrected chi connectivity index (χ1v) is 6.77.